The standard InChI is InChI=1S/C11H10FN3O2/c1-7-4-9(17-15-7)6-14-11(16)8-2-3-10(12)13-5-8/h2-5H,6H2,1H3,(H,14,16). The zero-order chi connectivity index (χ0) is 12.3. The molecule has 0 atom stereocenters. The molecular weight excluding hydrogens is 225 g/mol. The van der Waals surface area contributed by atoms with E-state index in [1.54, 1.807) is 13.0 Å². The molecule has 1 amide bonds. The molecule has 0 unspecified atom stereocenters. The maximum Gasteiger partial charge on any atom is 0.253 e. The summed E-state index contributed by atoms with van der Waals surface area (Å²) in [5.74, 6) is -0.398. The van der Waals surface area contributed by atoms with Gasteiger partial charge in [0.15, 0.2) is 5.76 Å². The van der Waals surface area contributed by atoms with E-state index in [0.29, 0.717) is 11.3 Å². The number of pyridine rings is 1. The average Bonchev–Trinajstić information content (AvgIpc) is 2.73. The summed E-state index contributed by atoms with van der Waals surface area (Å²) in [6.45, 7) is 2.02. The lowest BCUT2D eigenvalue weighted by Gasteiger charge is -2.01. The summed E-state index contributed by atoms with van der Waals surface area (Å²) >= 11 is 0. The van der Waals surface area contributed by atoms with E-state index in [4.69, 9.17) is 4.52 Å². The van der Waals surface area contributed by atoms with Gasteiger partial charge in [-0.1, -0.05) is 5.16 Å². The Bertz CT molecular complexity index is 522. The van der Waals surface area contributed by atoms with Crippen molar-refractivity contribution in [2.75, 3.05) is 0 Å². The fourth-order valence-corrected chi connectivity index (χ4v) is 1.28. The summed E-state index contributed by atoms with van der Waals surface area (Å²) < 4.78 is 17.5. The summed E-state index contributed by atoms with van der Waals surface area (Å²) in [5.41, 5.74) is 1.04. The van der Waals surface area contributed by atoms with E-state index in [1.807, 2.05) is 0 Å². The second kappa shape index (κ2) is 4.73. The van der Waals surface area contributed by atoms with Crippen LogP contribution in [0.15, 0.2) is 28.9 Å². The van der Waals surface area contributed by atoms with Crippen molar-refractivity contribution in [3.8, 4) is 0 Å². The lowest BCUT2D eigenvalue weighted by molar-refractivity contribution is 0.0946. The monoisotopic (exact) mass is 235 g/mol. The first kappa shape index (κ1) is 11.3. The predicted octanol–water partition coefficient (Wildman–Crippen LogP) is 1.45. The molecule has 0 aliphatic rings. The molecular formula is C11H10FN3O2. The third-order valence-corrected chi connectivity index (χ3v) is 2.09. The highest BCUT2D eigenvalue weighted by atomic mass is 19.1. The zero-order valence-electron chi connectivity index (χ0n) is 9.11. The van der Waals surface area contributed by atoms with E-state index in [2.05, 4.69) is 15.5 Å². The maximum atomic E-state index is 12.5. The van der Waals surface area contributed by atoms with Crippen molar-refractivity contribution in [2.24, 2.45) is 0 Å². The molecule has 0 saturated carbocycles. The highest BCUT2D eigenvalue weighted by molar-refractivity contribution is 5.93. The summed E-state index contributed by atoms with van der Waals surface area (Å²) in [6, 6.07) is 4.22. The number of rotatable bonds is 3. The van der Waals surface area contributed by atoms with Gasteiger partial charge in [-0.05, 0) is 19.1 Å². The van der Waals surface area contributed by atoms with Crippen molar-refractivity contribution in [1.82, 2.24) is 15.5 Å². The Morgan fingerprint density at radius 1 is 1.53 bits per heavy atom. The molecule has 0 aromatic carbocycles. The van der Waals surface area contributed by atoms with Crippen LogP contribution in [0.5, 0.6) is 0 Å². The van der Waals surface area contributed by atoms with Crippen LogP contribution in [-0.4, -0.2) is 16.0 Å². The van der Waals surface area contributed by atoms with Crippen LogP contribution in [0.2, 0.25) is 0 Å². The van der Waals surface area contributed by atoms with Gasteiger partial charge in [0.05, 0.1) is 17.8 Å². The minimum Gasteiger partial charge on any atom is -0.359 e. The van der Waals surface area contributed by atoms with E-state index in [1.165, 1.54) is 12.3 Å². The lowest BCUT2D eigenvalue weighted by atomic mass is 10.2. The molecule has 0 aliphatic heterocycles. The van der Waals surface area contributed by atoms with Crippen molar-refractivity contribution < 1.29 is 13.7 Å². The number of carbonyl (C=O) groups is 1. The number of halogens is 1. The smallest absolute Gasteiger partial charge is 0.253 e. The van der Waals surface area contributed by atoms with Gasteiger partial charge in [-0.25, -0.2) is 4.98 Å². The fourth-order valence-electron chi connectivity index (χ4n) is 1.28. The molecule has 0 radical (unpaired) electrons. The Morgan fingerprint density at radius 3 is 2.94 bits per heavy atom. The van der Waals surface area contributed by atoms with E-state index >= 15 is 0 Å². The topological polar surface area (TPSA) is 68.0 Å². The number of nitrogens with one attached hydrogen (secondary N) is 1. The molecule has 2 aromatic rings. The third-order valence-electron chi connectivity index (χ3n) is 2.09. The molecule has 2 aromatic heterocycles. The molecule has 5 nitrogen and oxygen atoms in total. The Morgan fingerprint density at radius 2 is 2.35 bits per heavy atom. The number of hydrogen-bond donors (Lipinski definition) is 1. The summed E-state index contributed by atoms with van der Waals surface area (Å²) in [6.07, 6.45) is 1.18. The highest BCUT2D eigenvalue weighted by Gasteiger charge is 2.07. The van der Waals surface area contributed by atoms with Crippen molar-refractivity contribution in [1.29, 1.82) is 0 Å². The van der Waals surface area contributed by atoms with E-state index in [0.717, 1.165) is 11.8 Å². The first-order valence-electron chi connectivity index (χ1n) is 4.97. The summed E-state index contributed by atoms with van der Waals surface area (Å²) in [5, 5.41) is 6.30. The zero-order valence-corrected chi connectivity index (χ0v) is 9.11. The SMILES string of the molecule is Cc1cc(CNC(=O)c2ccc(F)nc2)on1. The van der Waals surface area contributed by atoms with Gasteiger partial charge in [0.1, 0.15) is 0 Å². The van der Waals surface area contributed by atoms with Crippen molar-refractivity contribution in [3.05, 3.63) is 47.4 Å². The normalized spacial score (nSPS) is 10.2. The van der Waals surface area contributed by atoms with Gasteiger partial charge >= 0.3 is 0 Å². The first-order valence-corrected chi connectivity index (χ1v) is 4.97. The number of nitrogens with zero attached hydrogens (tertiary/aromatic N) is 2. The molecule has 88 valence electrons. The average molecular weight is 235 g/mol. The minimum absolute atomic E-state index is 0.233. The molecule has 2 heterocycles. The maximum absolute atomic E-state index is 12.5. The molecule has 6 heteroatoms. The van der Waals surface area contributed by atoms with Gasteiger partial charge in [0, 0.05) is 12.3 Å². The number of carbonyl (C=O) groups excluding carboxylic acids is 1. The number of amides is 1. The number of aryl methyl sites for hydroxylation is 1. The van der Waals surface area contributed by atoms with Crippen LogP contribution in [0, 0.1) is 12.9 Å². The fraction of sp³-hybridized carbons (Fsp3) is 0.182. The quantitative estimate of drug-likeness (QED) is 0.817. The molecule has 0 aliphatic carbocycles. The van der Waals surface area contributed by atoms with Gasteiger partial charge in [0.25, 0.3) is 5.91 Å². The molecule has 0 spiro atoms. The first-order chi connectivity index (χ1) is 8.15. The molecule has 17 heavy (non-hydrogen) atoms. The highest BCUT2D eigenvalue weighted by Crippen LogP contribution is 2.03. The van der Waals surface area contributed by atoms with Crippen LogP contribution in [0.3, 0.4) is 0 Å². The van der Waals surface area contributed by atoms with Gasteiger partial charge in [-0.3, -0.25) is 4.79 Å². The van der Waals surface area contributed by atoms with Crippen LogP contribution in [-0.2, 0) is 6.54 Å². The largest absolute Gasteiger partial charge is 0.359 e. The Hall–Kier alpha value is -2.24. The Kier molecular flexibility index (Phi) is 3.13. The van der Waals surface area contributed by atoms with Gasteiger partial charge in [-0.15, -0.1) is 0 Å². The van der Waals surface area contributed by atoms with Gasteiger partial charge in [-0.2, -0.15) is 4.39 Å². The van der Waals surface area contributed by atoms with Crippen LogP contribution >= 0.6 is 0 Å². The Balaban J connectivity index is 1.95. The number of hydrogen-bond acceptors (Lipinski definition) is 4. The summed E-state index contributed by atoms with van der Waals surface area (Å²) in [4.78, 5) is 15.0. The molecule has 0 saturated heterocycles. The second-order valence-corrected chi connectivity index (χ2v) is 3.49. The molecule has 0 fully saturated rings. The summed E-state index contributed by atoms with van der Waals surface area (Å²) in [7, 11) is 0. The van der Waals surface area contributed by atoms with Crippen molar-refractivity contribution in [3.63, 3.8) is 0 Å². The second-order valence-electron chi connectivity index (χ2n) is 3.49. The molecule has 0 bridgehead atoms. The van der Waals surface area contributed by atoms with Crippen LogP contribution in [0.4, 0.5) is 4.39 Å². The minimum atomic E-state index is -0.618. The third kappa shape index (κ3) is 2.87. The van der Waals surface area contributed by atoms with E-state index in [-0.39, 0.29) is 12.5 Å². The van der Waals surface area contributed by atoms with Crippen LogP contribution in [0.25, 0.3) is 0 Å². The van der Waals surface area contributed by atoms with E-state index < -0.39 is 5.95 Å². The van der Waals surface area contributed by atoms with Crippen LogP contribution in [0.1, 0.15) is 21.8 Å². The Labute approximate surface area is 96.6 Å². The van der Waals surface area contributed by atoms with Gasteiger partial charge < -0.3 is 9.84 Å². The molecule has 2 rings (SSSR count). The van der Waals surface area contributed by atoms with Crippen molar-refractivity contribution >= 4 is 5.91 Å². The van der Waals surface area contributed by atoms with Crippen molar-refractivity contribution in [2.45, 2.75) is 13.5 Å². The van der Waals surface area contributed by atoms with E-state index in [9.17, 15) is 9.18 Å². The molecule has 1 N–H and O–H groups in total. The predicted molar refractivity (Wildman–Crippen MR) is 56.6 cm³/mol. The lowest BCUT2D eigenvalue weighted by Crippen LogP contribution is -2.22. The van der Waals surface area contributed by atoms with Gasteiger partial charge in [0.2, 0.25) is 5.95 Å². The van der Waals surface area contributed by atoms with Crippen LogP contribution < -0.4 is 5.32 Å². The number of aromatic nitrogens is 2.